The van der Waals surface area contributed by atoms with E-state index in [2.05, 4.69) is 20.8 Å². The molecule has 0 fully saturated rings. The molecule has 1 aliphatic rings. The highest BCUT2D eigenvalue weighted by Gasteiger charge is 2.38. The third-order valence-corrected chi connectivity index (χ3v) is 4.37. The number of nitrogens with zero attached hydrogens (tertiary/aromatic N) is 4. The number of Topliss-reactive ketones (excluding diaryl/α,β-unsaturated/α-hetero) is 1. The van der Waals surface area contributed by atoms with E-state index in [0.717, 1.165) is 0 Å². The molecule has 2 aromatic carbocycles. The molecule has 2 heterocycles. The molecule has 140 valence electrons. The third kappa shape index (κ3) is 2.92. The van der Waals surface area contributed by atoms with Crippen LogP contribution in [0.3, 0.4) is 0 Å². The molecule has 9 heteroatoms. The Balaban J connectivity index is 1.94. The quantitative estimate of drug-likeness (QED) is 0.548. The van der Waals surface area contributed by atoms with Crippen molar-refractivity contribution in [3.63, 3.8) is 0 Å². The Morgan fingerprint density at radius 2 is 1.82 bits per heavy atom. The average molecular weight is 379 g/mol. The highest BCUT2D eigenvalue weighted by Crippen LogP contribution is 2.36. The lowest BCUT2D eigenvalue weighted by molar-refractivity contribution is -0.136. The van der Waals surface area contributed by atoms with Gasteiger partial charge in [0.2, 0.25) is 5.95 Å². The van der Waals surface area contributed by atoms with E-state index in [1.165, 1.54) is 36.1 Å². The van der Waals surface area contributed by atoms with Crippen molar-refractivity contribution >= 4 is 17.7 Å². The van der Waals surface area contributed by atoms with Crippen molar-refractivity contribution in [1.29, 1.82) is 0 Å². The van der Waals surface area contributed by atoms with E-state index in [4.69, 9.17) is 4.74 Å². The number of halogens is 1. The monoisotopic (exact) mass is 379 g/mol. The standard InChI is InChI=1S/C19H14FN5O3/c1-28-18(27)15-14(17(26)12-7-9-13(20)10-8-12)16(11-5-3-2-4-6-11)25-19(21-15)22-23-24-25/h2-10,16H,1H3,(H,21,22,24)/t16-/m1/s1. The first-order chi connectivity index (χ1) is 13.6. The van der Waals surface area contributed by atoms with E-state index in [1.54, 1.807) is 24.3 Å². The molecule has 1 aliphatic heterocycles. The first-order valence-electron chi connectivity index (χ1n) is 8.32. The van der Waals surface area contributed by atoms with E-state index in [-0.39, 0.29) is 22.8 Å². The van der Waals surface area contributed by atoms with Crippen molar-refractivity contribution in [2.45, 2.75) is 6.04 Å². The summed E-state index contributed by atoms with van der Waals surface area (Å²) < 4.78 is 19.6. The summed E-state index contributed by atoms with van der Waals surface area (Å²) in [5, 5.41) is 14.2. The molecule has 0 amide bonds. The van der Waals surface area contributed by atoms with Gasteiger partial charge in [0, 0.05) is 5.56 Å². The summed E-state index contributed by atoms with van der Waals surface area (Å²) in [4.78, 5) is 25.8. The van der Waals surface area contributed by atoms with Gasteiger partial charge in [0.15, 0.2) is 5.78 Å². The molecule has 0 aliphatic carbocycles. The Morgan fingerprint density at radius 1 is 1.11 bits per heavy atom. The molecule has 8 nitrogen and oxygen atoms in total. The first kappa shape index (κ1) is 17.5. The van der Waals surface area contributed by atoms with Crippen molar-refractivity contribution in [3.05, 3.63) is 82.8 Å². The summed E-state index contributed by atoms with van der Waals surface area (Å²) in [5.41, 5.74) is 0.957. The number of tetrazole rings is 1. The number of carbonyl (C=O) groups is 2. The van der Waals surface area contributed by atoms with Crippen LogP contribution in [-0.2, 0) is 9.53 Å². The zero-order valence-corrected chi connectivity index (χ0v) is 14.7. The zero-order chi connectivity index (χ0) is 19.7. The Bertz CT molecular complexity index is 1080. The van der Waals surface area contributed by atoms with Gasteiger partial charge in [-0.2, -0.15) is 4.68 Å². The maximum absolute atomic E-state index is 13.3. The third-order valence-electron chi connectivity index (χ3n) is 4.37. The Kier molecular flexibility index (Phi) is 4.40. The highest BCUT2D eigenvalue weighted by atomic mass is 19.1. The predicted molar refractivity (Wildman–Crippen MR) is 95.8 cm³/mol. The number of anilines is 1. The summed E-state index contributed by atoms with van der Waals surface area (Å²) in [6.07, 6.45) is 0. The van der Waals surface area contributed by atoms with Gasteiger partial charge in [-0.1, -0.05) is 35.4 Å². The van der Waals surface area contributed by atoms with Gasteiger partial charge in [0.05, 0.1) is 12.7 Å². The second-order valence-corrected chi connectivity index (χ2v) is 6.00. The van der Waals surface area contributed by atoms with Gasteiger partial charge in [-0.25, -0.2) is 9.18 Å². The second kappa shape index (κ2) is 7.03. The number of nitrogens with one attached hydrogen (secondary N) is 1. The largest absolute Gasteiger partial charge is 0.464 e. The van der Waals surface area contributed by atoms with Crippen LogP contribution in [0.1, 0.15) is 22.0 Å². The summed E-state index contributed by atoms with van der Waals surface area (Å²) in [6, 6.07) is 13.4. The van der Waals surface area contributed by atoms with Crippen LogP contribution in [0.2, 0.25) is 0 Å². The Morgan fingerprint density at radius 3 is 2.50 bits per heavy atom. The van der Waals surface area contributed by atoms with Crippen molar-refractivity contribution < 1.29 is 18.7 Å². The molecular formula is C19H14FN5O3. The van der Waals surface area contributed by atoms with Crippen LogP contribution >= 0.6 is 0 Å². The summed E-state index contributed by atoms with van der Waals surface area (Å²) >= 11 is 0. The lowest BCUT2D eigenvalue weighted by atomic mass is 9.89. The van der Waals surface area contributed by atoms with Gasteiger partial charge in [0.25, 0.3) is 0 Å². The molecule has 4 rings (SSSR count). The van der Waals surface area contributed by atoms with Crippen LogP contribution in [0.25, 0.3) is 0 Å². The zero-order valence-electron chi connectivity index (χ0n) is 14.7. The molecule has 0 saturated carbocycles. The van der Waals surface area contributed by atoms with E-state index in [0.29, 0.717) is 5.56 Å². The number of allylic oxidation sites excluding steroid dienone is 1. The fourth-order valence-electron chi connectivity index (χ4n) is 3.09. The molecule has 1 aromatic heterocycles. The first-order valence-corrected chi connectivity index (χ1v) is 8.32. The Hall–Kier alpha value is -3.88. The summed E-state index contributed by atoms with van der Waals surface area (Å²) in [5.74, 6) is -1.48. The molecule has 0 spiro atoms. The average Bonchev–Trinajstić information content (AvgIpc) is 3.21. The predicted octanol–water partition coefficient (Wildman–Crippen LogP) is 2.14. The van der Waals surface area contributed by atoms with Gasteiger partial charge >= 0.3 is 5.97 Å². The van der Waals surface area contributed by atoms with Crippen molar-refractivity contribution in [3.8, 4) is 0 Å². The minimum absolute atomic E-state index is 0.0621. The van der Waals surface area contributed by atoms with Crippen LogP contribution < -0.4 is 5.32 Å². The van der Waals surface area contributed by atoms with Crippen LogP contribution in [0, 0.1) is 5.82 Å². The minimum Gasteiger partial charge on any atom is -0.464 e. The second-order valence-electron chi connectivity index (χ2n) is 6.00. The topological polar surface area (TPSA) is 99.0 Å². The number of ketones is 1. The van der Waals surface area contributed by atoms with Gasteiger partial charge in [-0.3, -0.25) is 4.79 Å². The molecular weight excluding hydrogens is 365 g/mol. The number of aromatic nitrogens is 4. The lowest BCUT2D eigenvalue weighted by Gasteiger charge is -2.28. The van der Waals surface area contributed by atoms with Crippen LogP contribution in [-0.4, -0.2) is 39.1 Å². The van der Waals surface area contributed by atoms with Gasteiger partial charge in [-0.15, -0.1) is 0 Å². The fraction of sp³-hybridized carbons (Fsp3) is 0.105. The molecule has 0 radical (unpaired) electrons. The summed E-state index contributed by atoms with van der Waals surface area (Å²) in [7, 11) is 1.21. The van der Waals surface area contributed by atoms with E-state index < -0.39 is 23.6 Å². The number of carbonyl (C=O) groups excluding carboxylic acids is 2. The van der Waals surface area contributed by atoms with Crippen LogP contribution in [0.5, 0.6) is 0 Å². The fourth-order valence-corrected chi connectivity index (χ4v) is 3.09. The van der Waals surface area contributed by atoms with E-state index in [1.807, 2.05) is 6.07 Å². The van der Waals surface area contributed by atoms with Gasteiger partial charge in [-0.05, 0) is 40.3 Å². The molecule has 0 bridgehead atoms. The van der Waals surface area contributed by atoms with Crippen molar-refractivity contribution in [2.75, 3.05) is 12.4 Å². The Labute approximate surface area is 158 Å². The molecule has 3 aromatic rings. The van der Waals surface area contributed by atoms with Crippen molar-refractivity contribution in [2.24, 2.45) is 0 Å². The number of hydrogen-bond donors (Lipinski definition) is 1. The number of benzene rings is 2. The number of methoxy groups -OCH3 is 1. The minimum atomic E-state index is -0.765. The highest BCUT2D eigenvalue weighted by molar-refractivity contribution is 6.14. The molecule has 28 heavy (non-hydrogen) atoms. The van der Waals surface area contributed by atoms with Gasteiger partial charge in [0.1, 0.15) is 17.6 Å². The maximum atomic E-state index is 13.3. The number of fused-ring (bicyclic) bond motifs is 1. The molecule has 1 N–H and O–H groups in total. The number of ether oxygens (including phenoxy) is 1. The summed E-state index contributed by atoms with van der Waals surface area (Å²) in [6.45, 7) is 0. The van der Waals surface area contributed by atoms with Crippen molar-refractivity contribution in [1.82, 2.24) is 20.2 Å². The molecule has 0 unspecified atom stereocenters. The maximum Gasteiger partial charge on any atom is 0.355 e. The normalized spacial score (nSPS) is 15.6. The van der Waals surface area contributed by atoms with Crippen LogP contribution in [0.4, 0.5) is 10.3 Å². The van der Waals surface area contributed by atoms with E-state index in [9.17, 15) is 14.0 Å². The van der Waals surface area contributed by atoms with Crippen LogP contribution in [0.15, 0.2) is 65.9 Å². The number of hydrogen-bond acceptors (Lipinski definition) is 7. The number of esters is 1. The number of rotatable bonds is 4. The smallest absolute Gasteiger partial charge is 0.355 e. The van der Waals surface area contributed by atoms with Gasteiger partial charge < -0.3 is 10.1 Å². The SMILES string of the molecule is COC(=O)C1=C(C(=O)c2ccc(F)cc2)[C@@H](c2ccccc2)n2nnnc2N1. The molecule has 1 atom stereocenters. The molecule has 0 saturated heterocycles. The lowest BCUT2D eigenvalue weighted by Crippen LogP contribution is -2.32. The van der Waals surface area contributed by atoms with E-state index >= 15 is 0 Å².